The fraction of sp³-hybridized carbons (Fsp3) is 0.421. The molecule has 1 aliphatic rings. The van der Waals surface area contributed by atoms with Gasteiger partial charge in [0.15, 0.2) is 5.11 Å². The van der Waals surface area contributed by atoms with E-state index in [2.05, 4.69) is 25.8 Å². The molecule has 0 unspecified atom stereocenters. The summed E-state index contributed by atoms with van der Waals surface area (Å²) in [5.74, 6) is 0. The second-order valence-corrected chi connectivity index (χ2v) is 7.24. The number of hydrazone groups is 1. The molecule has 7 nitrogen and oxygen atoms in total. The number of hydrogen-bond acceptors (Lipinski definition) is 5. The second-order valence-electron chi connectivity index (χ2n) is 6.47. The fourth-order valence-corrected chi connectivity index (χ4v) is 3.40. The Labute approximate surface area is 175 Å². The second kappa shape index (κ2) is 10.5. The number of rotatable bonds is 7. The molecule has 28 heavy (non-hydrogen) atoms. The van der Waals surface area contributed by atoms with E-state index >= 15 is 0 Å². The van der Waals surface area contributed by atoms with Crippen molar-refractivity contribution >= 4 is 35.1 Å². The molecular weight excluding hydrogens is 396 g/mol. The first kappa shape index (κ1) is 20.7. The first-order valence-electron chi connectivity index (χ1n) is 9.32. The van der Waals surface area contributed by atoms with Crippen LogP contribution < -0.4 is 10.7 Å². The zero-order valence-electron chi connectivity index (χ0n) is 15.9. The number of ether oxygens (including phenoxy) is 1. The van der Waals surface area contributed by atoms with Gasteiger partial charge in [0.2, 0.25) is 0 Å². The van der Waals surface area contributed by atoms with Gasteiger partial charge in [0, 0.05) is 19.6 Å². The van der Waals surface area contributed by atoms with Crippen molar-refractivity contribution in [3.8, 4) is 5.69 Å². The van der Waals surface area contributed by atoms with Gasteiger partial charge < -0.3 is 10.1 Å². The summed E-state index contributed by atoms with van der Waals surface area (Å²) in [4.78, 5) is 2.40. The third-order valence-electron chi connectivity index (χ3n) is 4.45. The van der Waals surface area contributed by atoms with E-state index in [1.807, 2.05) is 37.3 Å². The molecule has 3 rings (SSSR count). The van der Waals surface area contributed by atoms with Crippen molar-refractivity contribution in [2.45, 2.75) is 13.3 Å². The quantitative estimate of drug-likeness (QED) is 0.310. The van der Waals surface area contributed by atoms with Gasteiger partial charge in [0.05, 0.1) is 36.4 Å². The molecule has 0 saturated carbocycles. The van der Waals surface area contributed by atoms with Gasteiger partial charge in [-0.2, -0.15) is 10.2 Å². The molecule has 2 N–H and O–H groups in total. The monoisotopic (exact) mass is 420 g/mol. The van der Waals surface area contributed by atoms with Gasteiger partial charge in [-0.25, -0.2) is 4.68 Å². The summed E-state index contributed by atoms with van der Waals surface area (Å²) in [7, 11) is 0. The van der Waals surface area contributed by atoms with Gasteiger partial charge in [0.25, 0.3) is 0 Å². The zero-order chi connectivity index (χ0) is 19.8. The number of hydrogen-bond donors (Lipinski definition) is 2. The number of aryl methyl sites for hydroxylation is 1. The first-order chi connectivity index (χ1) is 13.6. The van der Waals surface area contributed by atoms with E-state index in [9.17, 15) is 0 Å². The minimum atomic E-state index is 0.488. The number of halogens is 1. The SMILES string of the molecule is Cc1nn(-c2ccccc2)c(Cl)c1/C=N/NC(=S)NCCCN1CCOCC1. The molecule has 0 radical (unpaired) electrons. The predicted octanol–water partition coefficient (Wildman–Crippen LogP) is 2.35. The Balaban J connectivity index is 1.45. The van der Waals surface area contributed by atoms with Crippen LogP contribution in [-0.2, 0) is 4.74 Å². The van der Waals surface area contributed by atoms with Crippen molar-refractivity contribution in [2.24, 2.45) is 5.10 Å². The van der Waals surface area contributed by atoms with E-state index in [1.165, 1.54) is 0 Å². The van der Waals surface area contributed by atoms with Crippen LogP contribution >= 0.6 is 23.8 Å². The molecule has 0 amide bonds. The first-order valence-corrected chi connectivity index (χ1v) is 10.1. The summed E-state index contributed by atoms with van der Waals surface area (Å²) in [5.41, 5.74) is 5.29. The maximum atomic E-state index is 6.48. The lowest BCUT2D eigenvalue weighted by molar-refractivity contribution is 0.0376. The van der Waals surface area contributed by atoms with E-state index in [-0.39, 0.29) is 0 Å². The summed E-state index contributed by atoms with van der Waals surface area (Å²) in [6.45, 7) is 7.39. The van der Waals surface area contributed by atoms with Gasteiger partial charge in [-0.15, -0.1) is 0 Å². The molecule has 1 fully saturated rings. The highest BCUT2D eigenvalue weighted by atomic mass is 35.5. The molecule has 0 aliphatic carbocycles. The van der Waals surface area contributed by atoms with Crippen LogP contribution in [0.1, 0.15) is 17.7 Å². The lowest BCUT2D eigenvalue weighted by atomic mass is 10.3. The number of nitrogens with zero attached hydrogens (tertiary/aromatic N) is 4. The van der Waals surface area contributed by atoms with Crippen molar-refractivity contribution in [1.82, 2.24) is 25.4 Å². The third kappa shape index (κ3) is 5.75. The molecule has 1 aromatic carbocycles. The smallest absolute Gasteiger partial charge is 0.186 e. The van der Waals surface area contributed by atoms with E-state index in [4.69, 9.17) is 28.6 Å². The van der Waals surface area contributed by atoms with Crippen molar-refractivity contribution in [1.29, 1.82) is 0 Å². The van der Waals surface area contributed by atoms with E-state index in [0.29, 0.717) is 10.3 Å². The van der Waals surface area contributed by atoms with Crippen LogP contribution in [-0.4, -0.2) is 65.4 Å². The minimum absolute atomic E-state index is 0.488. The van der Waals surface area contributed by atoms with Crippen LogP contribution in [0.2, 0.25) is 5.15 Å². The molecule has 150 valence electrons. The van der Waals surface area contributed by atoms with Gasteiger partial charge >= 0.3 is 0 Å². The fourth-order valence-electron chi connectivity index (χ4n) is 2.92. The Morgan fingerprint density at radius 3 is 2.82 bits per heavy atom. The Morgan fingerprint density at radius 1 is 1.32 bits per heavy atom. The number of benzene rings is 1. The van der Waals surface area contributed by atoms with Crippen LogP contribution in [0, 0.1) is 6.92 Å². The highest BCUT2D eigenvalue weighted by molar-refractivity contribution is 7.80. The maximum absolute atomic E-state index is 6.48. The summed E-state index contributed by atoms with van der Waals surface area (Å²) in [5, 5.41) is 12.8. The molecule has 0 bridgehead atoms. The van der Waals surface area contributed by atoms with Gasteiger partial charge in [-0.1, -0.05) is 29.8 Å². The molecule has 2 aromatic rings. The van der Waals surface area contributed by atoms with Crippen LogP contribution in [0.5, 0.6) is 0 Å². The van der Waals surface area contributed by atoms with E-state index in [1.54, 1.807) is 10.9 Å². The Hall–Kier alpha value is -2.00. The molecule has 1 saturated heterocycles. The molecular formula is C19H25ClN6OS. The normalized spacial score (nSPS) is 15.1. The summed E-state index contributed by atoms with van der Waals surface area (Å²) in [6.07, 6.45) is 2.66. The molecule has 0 spiro atoms. The predicted molar refractivity (Wildman–Crippen MR) is 117 cm³/mol. The number of morpholine rings is 1. The minimum Gasteiger partial charge on any atom is -0.379 e. The van der Waals surface area contributed by atoms with Gasteiger partial charge in [-0.05, 0) is 44.2 Å². The van der Waals surface area contributed by atoms with Gasteiger partial charge in [-0.3, -0.25) is 10.3 Å². The average Bonchev–Trinajstić information content (AvgIpc) is 3.01. The van der Waals surface area contributed by atoms with E-state index in [0.717, 1.165) is 62.8 Å². The topological polar surface area (TPSA) is 66.7 Å². The number of aromatic nitrogens is 2. The maximum Gasteiger partial charge on any atom is 0.186 e. The highest BCUT2D eigenvalue weighted by Gasteiger charge is 2.13. The summed E-state index contributed by atoms with van der Waals surface area (Å²) >= 11 is 11.7. The van der Waals surface area contributed by atoms with E-state index < -0.39 is 0 Å². The van der Waals surface area contributed by atoms with Crippen molar-refractivity contribution in [3.63, 3.8) is 0 Å². The van der Waals surface area contributed by atoms with Crippen LogP contribution in [0.15, 0.2) is 35.4 Å². The van der Waals surface area contributed by atoms with Gasteiger partial charge in [0.1, 0.15) is 5.15 Å². The zero-order valence-corrected chi connectivity index (χ0v) is 17.5. The highest BCUT2D eigenvalue weighted by Crippen LogP contribution is 2.21. The summed E-state index contributed by atoms with van der Waals surface area (Å²) < 4.78 is 7.04. The van der Waals surface area contributed by atoms with Crippen LogP contribution in [0.3, 0.4) is 0 Å². The number of nitrogens with one attached hydrogen (secondary N) is 2. The molecule has 1 aliphatic heterocycles. The molecule has 0 atom stereocenters. The van der Waals surface area contributed by atoms with Crippen LogP contribution in [0.25, 0.3) is 5.69 Å². The van der Waals surface area contributed by atoms with Crippen molar-refractivity contribution in [2.75, 3.05) is 39.4 Å². The molecule has 1 aromatic heterocycles. The standard InChI is InChI=1S/C19H25ClN6OS/c1-15-17(18(20)26(24-15)16-6-3-2-4-7-16)14-22-23-19(28)21-8-5-9-25-10-12-27-13-11-25/h2-4,6-7,14H,5,8-13H2,1H3,(H2,21,23,28)/b22-14+. The Bertz CT molecular complexity index is 804. The Kier molecular flexibility index (Phi) is 7.79. The number of para-hydroxylation sites is 1. The Morgan fingerprint density at radius 2 is 2.07 bits per heavy atom. The van der Waals surface area contributed by atoms with Crippen molar-refractivity contribution in [3.05, 3.63) is 46.7 Å². The van der Waals surface area contributed by atoms with Crippen LogP contribution in [0.4, 0.5) is 0 Å². The summed E-state index contributed by atoms with van der Waals surface area (Å²) in [6, 6.07) is 9.75. The average molecular weight is 421 g/mol. The molecule has 9 heteroatoms. The lowest BCUT2D eigenvalue weighted by Gasteiger charge is -2.26. The third-order valence-corrected chi connectivity index (χ3v) is 5.05. The largest absolute Gasteiger partial charge is 0.379 e. The molecule has 2 heterocycles. The number of thiocarbonyl (C=S) groups is 1. The van der Waals surface area contributed by atoms with Crippen molar-refractivity contribution < 1.29 is 4.74 Å². The lowest BCUT2D eigenvalue weighted by Crippen LogP contribution is -2.39.